The molecule has 3 aliphatic rings. The molecule has 0 radical (unpaired) electrons. The van der Waals surface area contributed by atoms with Gasteiger partial charge in [0.1, 0.15) is 12.2 Å². The van der Waals surface area contributed by atoms with Gasteiger partial charge in [-0.3, -0.25) is 4.79 Å². The maximum Gasteiger partial charge on any atom is 0.432 e. The Balaban J connectivity index is 1.76. The van der Waals surface area contributed by atoms with Crippen LogP contribution in [0, 0.1) is 23.2 Å². The summed E-state index contributed by atoms with van der Waals surface area (Å²) in [5.74, 6) is -2.87. The lowest BCUT2D eigenvalue weighted by Crippen LogP contribution is -2.60. The van der Waals surface area contributed by atoms with Gasteiger partial charge in [0.05, 0.1) is 16.9 Å². The number of aliphatic hydroxyl groups is 1. The number of halogens is 3. The Hall–Kier alpha value is -2.13. The number of alkyl halides is 3. The van der Waals surface area contributed by atoms with Crippen LogP contribution in [-0.2, 0) is 29.4 Å². The molecule has 0 spiro atoms. The molecule has 1 aromatic carbocycles. The normalized spacial score (nSPS) is 39.4. The van der Waals surface area contributed by atoms with Crippen LogP contribution in [0.4, 0.5) is 13.2 Å². The van der Waals surface area contributed by atoms with Gasteiger partial charge in [0.15, 0.2) is 0 Å². The fraction of sp³-hybridized carbons (Fsp3) is 0.680. The summed E-state index contributed by atoms with van der Waals surface area (Å²) in [7, 11) is 0.818. The highest BCUT2D eigenvalue weighted by Gasteiger charge is 2.71. The Morgan fingerprint density at radius 2 is 1.79 bits per heavy atom. The maximum atomic E-state index is 14.4. The van der Waals surface area contributed by atoms with E-state index >= 15 is 0 Å². The highest BCUT2D eigenvalue weighted by atomic mass is 19.4. The zero-order valence-electron chi connectivity index (χ0n) is 19.7. The third-order valence-electron chi connectivity index (χ3n) is 8.80. The Morgan fingerprint density at radius 3 is 2.38 bits per heavy atom. The Labute approximate surface area is 196 Å². The minimum Gasteiger partial charge on any atom is -0.461 e. The van der Waals surface area contributed by atoms with Gasteiger partial charge in [-0.2, -0.15) is 13.2 Å². The topological polar surface area (TPSA) is 82.1 Å². The van der Waals surface area contributed by atoms with E-state index in [4.69, 9.17) is 14.2 Å². The first kappa shape index (κ1) is 25.0. The lowest BCUT2D eigenvalue weighted by atomic mass is 9.64. The molecule has 1 heterocycles. The minimum absolute atomic E-state index is 0.144. The van der Waals surface area contributed by atoms with Crippen molar-refractivity contribution in [2.75, 3.05) is 7.11 Å². The van der Waals surface area contributed by atoms with Gasteiger partial charge in [0.25, 0.3) is 5.60 Å². The van der Waals surface area contributed by atoms with Gasteiger partial charge in [-0.05, 0) is 38.5 Å². The maximum absolute atomic E-state index is 14.4. The fourth-order valence-electron chi connectivity index (χ4n) is 6.59. The van der Waals surface area contributed by atoms with Crippen molar-refractivity contribution in [1.82, 2.24) is 0 Å². The molecule has 6 nitrogen and oxygen atoms in total. The lowest BCUT2D eigenvalue weighted by molar-refractivity contribution is -0.282. The van der Waals surface area contributed by atoms with Gasteiger partial charge in [-0.15, -0.1) is 0 Å². The van der Waals surface area contributed by atoms with E-state index in [1.807, 2.05) is 6.92 Å². The van der Waals surface area contributed by atoms with E-state index in [1.165, 1.54) is 18.2 Å². The zero-order chi connectivity index (χ0) is 25.1. The number of ether oxygens (including phenoxy) is 3. The molecule has 4 rings (SSSR count). The van der Waals surface area contributed by atoms with Crippen molar-refractivity contribution < 1.29 is 42.1 Å². The van der Waals surface area contributed by atoms with Gasteiger partial charge in [-0.25, -0.2) is 4.79 Å². The molecule has 0 aromatic heterocycles. The van der Waals surface area contributed by atoms with Gasteiger partial charge in [0.2, 0.25) is 0 Å². The van der Waals surface area contributed by atoms with Crippen LogP contribution in [0.3, 0.4) is 0 Å². The second-order valence-corrected chi connectivity index (χ2v) is 10.2. The predicted octanol–water partition coefficient (Wildman–Crippen LogP) is 4.14. The number of fused-ring (bicyclic) bond motifs is 3. The van der Waals surface area contributed by atoms with Crippen LogP contribution in [0.15, 0.2) is 30.3 Å². The van der Waals surface area contributed by atoms with E-state index in [1.54, 1.807) is 13.8 Å². The second-order valence-electron chi connectivity index (χ2n) is 10.2. The standard InChI is InChI=1S/C25H31F3O6/c1-14-10-11-17-15(2)20(29)34-19(17)22(3)18(12-13-23(14,22)31)33-21(30)24(32-4,25(26,27)28)16-8-6-5-7-9-16/h5-9,14-15,17-19,31H,10-13H2,1-4H3/t14-,15+,17-,18+,19+,22-,23+,24+/m0/s1. The summed E-state index contributed by atoms with van der Waals surface area (Å²) >= 11 is 0. The molecule has 0 unspecified atom stereocenters. The van der Waals surface area contributed by atoms with Crippen LogP contribution in [0.2, 0.25) is 0 Å². The quantitative estimate of drug-likeness (QED) is 0.647. The van der Waals surface area contributed by atoms with Gasteiger partial charge in [-0.1, -0.05) is 44.2 Å². The van der Waals surface area contributed by atoms with Crippen molar-refractivity contribution in [1.29, 1.82) is 0 Å². The number of benzene rings is 1. The van der Waals surface area contributed by atoms with Gasteiger partial charge >= 0.3 is 18.1 Å². The van der Waals surface area contributed by atoms with Crippen LogP contribution < -0.4 is 0 Å². The van der Waals surface area contributed by atoms with Crippen molar-refractivity contribution in [3.8, 4) is 0 Å². The number of esters is 2. The van der Waals surface area contributed by atoms with E-state index in [0.717, 1.165) is 19.2 Å². The summed E-state index contributed by atoms with van der Waals surface area (Å²) in [6.07, 6.45) is -5.36. The number of carbonyl (C=O) groups is 2. The monoisotopic (exact) mass is 484 g/mol. The molecular weight excluding hydrogens is 453 g/mol. The largest absolute Gasteiger partial charge is 0.461 e. The van der Waals surface area contributed by atoms with Crippen LogP contribution >= 0.6 is 0 Å². The van der Waals surface area contributed by atoms with E-state index < -0.39 is 58.4 Å². The first-order valence-corrected chi connectivity index (χ1v) is 11.7. The van der Waals surface area contributed by atoms with E-state index in [0.29, 0.717) is 12.8 Å². The molecule has 0 bridgehead atoms. The summed E-state index contributed by atoms with van der Waals surface area (Å²) in [5, 5.41) is 11.8. The Morgan fingerprint density at radius 1 is 1.15 bits per heavy atom. The molecule has 2 aliphatic carbocycles. The molecule has 3 fully saturated rings. The van der Waals surface area contributed by atoms with Gasteiger partial charge < -0.3 is 19.3 Å². The molecular formula is C25H31F3O6. The first-order valence-electron chi connectivity index (χ1n) is 11.7. The molecule has 1 aromatic rings. The molecule has 1 aliphatic heterocycles. The fourth-order valence-corrected chi connectivity index (χ4v) is 6.59. The SMILES string of the molecule is CO[C@@](C(=O)O[C@@H]1CC[C@@]2(O)[C@@H](C)CC[C@@H]3[C@@H](OC(=O)[C@@H]3C)[C@]12C)(c1ccccc1)C(F)(F)F. The van der Waals surface area contributed by atoms with Crippen LogP contribution in [0.1, 0.15) is 52.0 Å². The number of carbonyl (C=O) groups excluding carboxylic acids is 2. The molecule has 188 valence electrons. The summed E-state index contributed by atoms with van der Waals surface area (Å²) in [6.45, 7) is 5.32. The van der Waals surface area contributed by atoms with Crippen molar-refractivity contribution in [2.45, 2.75) is 76.0 Å². The van der Waals surface area contributed by atoms with Crippen molar-refractivity contribution in [3.05, 3.63) is 35.9 Å². The lowest BCUT2D eigenvalue weighted by Gasteiger charge is -2.48. The average molecular weight is 485 g/mol. The number of hydrogen-bond donors (Lipinski definition) is 1. The zero-order valence-corrected chi connectivity index (χ0v) is 19.7. The predicted molar refractivity (Wildman–Crippen MR) is 114 cm³/mol. The molecule has 1 saturated heterocycles. The third-order valence-corrected chi connectivity index (χ3v) is 8.80. The van der Waals surface area contributed by atoms with E-state index in [9.17, 15) is 27.9 Å². The highest BCUT2D eigenvalue weighted by Crippen LogP contribution is 2.61. The summed E-state index contributed by atoms with van der Waals surface area (Å²) in [4.78, 5) is 25.8. The molecule has 34 heavy (non-hydrogen) atoms. The highest BCUT2D eigenvalue weighted by molar-refractivity contribution is 5.83. The summed E-state index contributed by atoms with van der Waals surface area (Å²) < 4.78 is 59.4. The van der Waals surface area contributed by atoms with Crippen LogP contribution in [-0.4, -0.2) is 48.1 Å². The number of hydrogen-bond acceptors (Lipinski definition) is 6. The minimum atomic E-state index is -5.11. The Kier molecular flexibility index (Phi) is 6.04. The first-order chi connectivity index (χ1) is 15.8. The van der Waals surface area contributed by atoms with Crippen LogP contribution in [0.5, 0.6) is 0 Å². The van der Waals surface area contributed by atoms with Crippen molar-refractivity contribution >= 4 is 11.9 Å². The average Bonchev–Trinajstić information content (AvgIpc) is 3.19. The third kappa shape index (κ3) is 3.22. The number of methoxy groups -OCH3 is 1. The molecule has 9 heteroatoms. The van der Waals surface area contributed by atoms with Crippen LogP contribution in [0.25, 0.3) is 0 Å². The molecule has 2 saturated carbocycles. The summed E-state index contributed by atoms with van der Waals surface area (Å²) in [5.41, 5.74) is -6.38. The smallest absolute Gasteiger partial charge is 0.432 e. The second kappa shape index (κ2) is 8.22. The number of rotatable bonds is 4. The van der Waals surface area contributed by atoms with Crippen molar-refractivity contribution in [3.63, 3.8) is 0 Å². The van der Waals surface area contributed by atoms with Gasteiger partial charge in [0, 0.05) is 18.6 Å². The Bertz CT molecular complexity index is 952. The molecule has 8 atom stereocenters. The van der Waals surface area contributed by atoms with E-state index in [2.05, 4.69) is 0 Å². The van der Waals surface area contributed by atoms with E-state index in [-0.39, 0.29) is 24.7 Å². The molecule has 0 amide bonds. The van der Waals surface area contributed by atoms with Crippen molar-refractivity contribution in [2.24, 2.45) is 23.2 Å². The molecule has 1 N–H and O–H groups in total. The summed E-state index contributed by atoms with van der Waals surface area (Å²) in [6, 6.07) is 6.63.